The molecule has 0 aliphatic carbocycles. The Kier molecular flexibility index (Phi) is 7.95. The molecule has 3 aromatic carbocycles. The lowest BCUT2D eigenvalue weighted by atomic mass is 10.2. The van der Waals surface area contributed by atoms with E-state index >= 15 is 0 Å². The molecule has 0 amide bonds. The normalized spacial score (nSPS) is 13.1. The van der Waals surface area contributed by atoms with E-state index in [1.807, 2.05) is 4.72 Å². The fraction of sp³-hybridized carbons (Fsp3) is 0.182. The van der Waals surface area contributed by atoms with Crippen molar-refractivity contribution in [1.29, 1.82) is 0 Å². The summed E-state index contributed by atoms with van der Waals surface area (Å²) in [4.78, 5) is -2.21. The maximum Gasteiger partial charge on any atom is 0.417 e. The van der Waals surface area contributed by atoms with Crippen molar-refractivity contribution in [3.8, 4) is 0 Å². The highest BCUT2D eigenvalue weighted by Crippen LogP contribution is 2.36. The zero-order chi connectivity index (χ0) is 26.8. The van der Waals surface area contributed by atoms with Crippen LogP contribution in [0.3, 0.4) is 0 Å². The number of alkyl halides is 3. The zero-order valence-electron chi connectivity index (χ0n) is 18.7. The van der Waals surface area contributed by atoms with Gasteiger partial charge in [0.1, 0.15) is 0 Å². The predicted molar refractivity (Wildman–Crippen MR) is 125 cm³/mol. The van der Waals surface area contributed by atoms with Crippen LogP contribution < -0.4 is 4.72 Å². The van der Waals surface area contributed by atoms with Gasteiger partial charge in [0.15, 0.2) is 0 Å². The van der Waals surface area contributed by atoms with Gasteiger partial charge in [-0.25, -0.2) is 30.0 Å². The maximum absolute atomic E-state index is 13.6. The lowest BCUT2D eigenvalue weighted by molar-refractivity contribution is -0.139. The molecule has 0 saturated heterocycles. The SMILES string of the molecule is CN(CCNS(=O)(=O)c1cc(S(=O)(=O)c2ccccc2)ccc1C(F)(F)F)S(=O)(=O)c1ccccc1. The Morgan fingerprint density at radius 1 is 0.750 bits per heavy atom. The van der Waals surface area contributed by atoms with Crippen LogP contribution in [0.1, 0.15) is 5.56 Å². The van der Waals surface area contributed by atoms with Crippen molar-refractivity contribution in [1.82, 2.24) is 9.03 Å². The molecule has 0 heterocycles. The Morgan fingerprint density at radius 2 is 1.28 bits per heavy atom. The van der Waals surface area contributed by atoms with E-state index in [1.165, 1.54) is 55.6 Å². The van der Waals surface area contributed by atoms with Crippen molar-refractivity contribution in [2.75, 3.05) is 20.1 Å². The molecule has 1 N–H and O–H groups in total. The van der Waals surface area contributed by atoms with Gasteiger partial charge >= 0.3 is 6.18 Å². The standard InChI is InChI=1S/C22H21F3N2O6S3/c1-27(36(32,33)18-10-6-3-7-11-18)15-14-26-35(30,31)21-16-19(12-13-20(21)22(23,24)25)34(28,29)17-8-4-2-5-9-17/h2-13,16,26H,14-15H2,1H3. The van der Waals surface area contributed by atoms with Gasteiger partial charge in [-0.15, -0.1) is 0 Å². The van der Waals surface area contributed by atoms with Gasteiger partial charge in [-0.3, -0.25) is 0 Å². The Bertz CT molecular complexity index is 1540. The summed E-state index contributed by atoms with van der Waals surface area (Å²) in [5.74, 6) is 0. The molecule has 194 valence electrons. The average molecular weight is 563 g/mol. The Labute approximate surface area is 207 Å². The van der Waals surface area contributed by atoms with Gasteiger partial charge < -0.3 is 0 Å². The molecule has 3 aromatic rings. The first-order chi connectivity index (χ1) is 16.7. The zero-order valence-corrected chi connectivity index (χ0v) is 21.1. The Hall–Kier alpha value is -2.78. The molecule has 0 radical (unpaired) electrons. The fourth-order valence-electron chi connectivity index (χ4n) is 3.17. The summed E-state index contributed by atoms with van der Waals surface area (Å²) in [5, 5.41) is 0. The van der Waals surface area contributed by atoms with E-state index < -0.39 is 64.5 Å². The van der Waals surface area contributed by atoms with E-state index in [2.05, 4.69) is 0 Å². The van der Waals surface area contributed by atoms with Crippen molar-refractivity contribution in [2.24, 2.45) is 0 Å². The van der Waals surface area contributed by atoms with Gasteiger partial charge in [-0.1, -0.05) is 36.4 Å². The number of nitrogens with zero attached hydrogens (tertiary/aromatic N) is 1. The molecule has 0 saturated carbocycles. The van der Waals surface area contributed by atoms with Crippen molar-refractivity contribution in [3.63, 3.8) is 0 Å². The van der Waals surface area contributed by atoms with E-state index in [1.54, 1.807) is 12.1 Å². The molecule has 0 atom stereocenters. The fourth-order valence-corrected chi connectivity index (χ4v) is 7.02. The van der Waals surface area contributed by atoms with Crippen LogP contribution in [0.25, 0.3) is 0 Å². The van der Waals surface area contributed by atoms with Crippen LogP contribution in [0, 0.1) is 0 Å². The summed E-state index contributed by atoms with van der Waals surface area (Å²) in [7, 11) is -12.0. The molecule has 0 fully saturated rings. The number of hydrogen-bond donors (Lipinski definition) is 1. The second-order valence-corrected chi connectivity index (χ2v) is 13.2. The molecule has 14 heteroatoms. The quantitative estimate of drug-likeness (QED) is 0.428. The molecule has 0 unspecified atom stereocenters. The minimum atomic E-state index is -5.10. The maximum atomic E-state index is 13.6. The largest absolute Gasteiger partial charge is 0.417 e. The highest BCUT2D eigenvalue weighted by Gasteiger charge is 2.38. The van der Waals surface area contributed by atoms with Crippen LogP contribution in [0.5, 0.6) is 0 Å². The molecule has 3 rings (SSSR count). The molecular formula is C22H21F3N2O6S3. The molecular weight excluding hydrogens is 541 g/mol. The molecule has 0 aliphatic rings. The summed E-state index contributed by atoms with van der Waals surface area (Å²) in [6.45, 7) is -0.975. The van der Waals surface area contributed by atoms with Gasteiger partial charge in [0.2, 0.25) is 29.9 Å². The molecule has 0 aliphatic heterocycles. The first-order valence-corrected chi connectivity index (χ1v) is 14.6. The Morgan fingerprint density at radius 3 is 1.81 bits per heavy atom. The van der Waals surface area contributed by atoms with Crippen LogP contribution in [-0.4, -0.2) is 49.7 Å². The van der Waals surface area contributed by atoms with Gasteiger partial charge in [0, 0.05) is 20.1 Å². The summed E-state index contributed by atoms with van der Waals surface area (Å²) < 4.78 is 120. The molecule has 0 spiro atoms. The third-order valence-corrected chi connectivity index (χ3v) is 10.2. The van der Waals surface area contributed by atoms with E-state index in [0.717, 1.165) is 4.31 Å². The smallest absolute Gasteiger partial charge is 0.219 e. The highest BCUT2D eigenvalue weighted by molar-refractivity contribution is 7.91. The second-order valence-electron chi connectivity index (χ2n) is 7.51. The van der Waals surface area contributed by atoms with Crippen LogP contribution in [-0.2, 0) is 36.1 Å². The van der Waals surface area contributed by atoms with E-state index in [0.29, 0.717) is 18.2 Å². The van der Waals surface area contributed by atoms with Crippen LogP contribution in [0.15, 0.2) is 98.4 Å². The molecule has 8 nitrogen and oxygen atoms in total. The summed E-state index contributed by atoms with van der Waals surface area (Å²) >= 11 is 0. The molecule has 36 heavy (non-hydrogen) atoms. The number of sulfonamides is 2. The van der Waals surface area contributed by atoms with Crippen LogP contribution in [0.4, 0.5) is 13.2 Å². The average Bonchev–Trinajstić information content (AvgIpc) is 2.84. The van der Waals surface area contributed by atoms with Gasteiger partial charge in [-0.05, 0) is 42.5 Å². The Balaban J connectivity index is 1.91. The van der Waals surface area contributed by atoms with Crippen molar-refractivity contribution in [3.05, 3.63) is 84.4 Å². The summed E-state index contributed by atoms with van der Waals surface area (Å²) in [5.41, 5.74) is -1.56. The topological polar surface area (TPSA) is 118 Å². The summed E-state index contributed by atoms with van der Waals surface area (Å²) in [6, 6.07) is 15.6. The second kappa shape index (κ2) is 10.3. The van der Waals surface area contributed by atoms with E-state index in [-0.39, 0.29) is 9.79 Å². The number of rotatable bonds is 9. The van der Waals surface area contributed by atoms with Crippen molar-refractivity contribution in [2.45, 2.75) is 25.8 Å². The first-order valence-electron chi connectivity index (χ1n) is 10.2. The summed E-state index contributed by atoms with van der Waals surface area (Å²) in [6.07, 6.45) is -5.10. The number of benzene rings is 3. The molecule has 0 bridgehead atoms. The van der Waals surface area contributed by atoms with Gasteiger partial charge in [-0.2, -0.15) is 17.5 Å². The number of likely N-dealkylation sites (N-methyl/N-ethyl adjacent to an activating group) is 1. The minimum absolute atomic E-state index is 0.0477. The van der Waals surface area contributed by atoms with Crippen molar-refractivity contribution >= 4 is 29.9 Å². The minimum Gasteiger partial charge on any atom is -0.219 e. The third kappa shape index (κ3) is 5.95. The number of hydrogen-bond acceptors (Lipinski definition) is 6. The van der Waals surface area contributed by atoms with Crippen LogP contribution >= 0.6 is 0 Å². The number of nitrogens with one attached hydrogen (secondary N) is 1. The van der Waals surface area contributed by atoms with E-state index in [9.17, 15) is 38.4 Å². The molecule has 0 aromatic heterocycles. The van der Waals surface area contributed by atoms with Crippen molar-refractivity contribution < 1.29 is 38.4 Å². The number of sulfone groups is 1. The van der Waals surface area contributed by atoms with E-state index in [4.69, 9.17) is 0 Å². The monoisotopic (exact) mass is 562 g/mol. The lowest BCUT2D eigenvalue weighted by Crippen LogP contribution is -2.36. The lowest BCUT2D eigenvalue weighted by Gasteiger charge is -2.19. The highest BCUT2D eigenvalue weighted by atomic mass is 32.2. The number of halogens is 3. The van der Waals surface area contributed by atoms with Crippen LogP contribution in [0.2, 0.25) is 0 Å². The predicted octanol–water partition coefficient (Wildman–Crippen LogP) is 3.14. The first kappa shape index (κ1) is 27.8. The van der Waals surface area contributed by atoms with Gasteiger partial charge in [0.25, 0.3) is 0 Å². The van der Waals surface area contributed by atoms with Gasteiger partial charge in [0.05, 0.1) is 25.1 Å². The third-order valence-electron chi connectivity index (χ3n) is 5.08.